The Hall–Kier alpha value is -0.850. The van der Waals surface area contributed by atoms with Gasteiger partial charge in [-0.15, -0.1) is 0 Å². The van der Waals surface area contributed by atoms with E-state index >= 15 is 0 Å². The van der Waals surface area contributed by atoms with E-state index < -0.39 is 0 Å². The molecule has 112 valence electrons. The molecule has 6 heteroatoms. The lowest BCUT2D eigenvalue weighted by Crippen LogP contribution is -2.50. The largest absolute Gasteiger partial charge is 0.382 e. The van der Waals surface area contributed by atoms with Crippen LogP contribution in [0.3, 0.4) is 0 Å². The van der Waals surface area contributed by atoms with Gasteiger partial charge in [-0.3, -0.25) is 10.4 Å². The summed E-state index contributed by atoms with van der Waals surface area (Å²) in [5.41, 5.74) is 2.70. The standard InChI is InChI=1S/C13H28N4O2/c1-3-18-10-6-8-15-13(16-14)17-9-5-7-12(11-17)19-4-2/h12H,3-11,14H2,1-2H3,(H,15,16). The minimum atomic E-state index is 0.292. The first-order valence-electron chi connectivity index (χ1n) is 7.27. The molecule has 1 fully saturated rings. The molecule has 1 unspecified atom stereocenters. The second-order valence-corrected chi connectivity index (χ2v) is 4.57. The van der Waals surface area contributed by atoms with Crippen molar-refractivity contribution in [3.05, 3.63) is 0 Å². The zero-order valence-electron chi connectivity index (χ0n) is 12.2. The van der Waals surface area contributed by atoms with Crippen LogP contribution in [0.2, 0.25) is 0 Å². The molecule has 0 aromatic heterocycles. The summed E-state index contributed by atoms with van der Waals surface area (Å²) in [4.78, 5) is 6.67. The minimum absolute atomic E-state index is 0.292. The zero-order chi connectivity index (χ0) is 13.9. The SMILES string of the molecule is CCOCCCN=C(NN)N1CCCC(OCC)C1. The predicted molar refractivity (Wildman–Crippen MR) is 77.0 cm³/mol. The first kappa shape index (κ1) is 16.2. The second-order valence-electron chi connectivity index (χ2n) is 4.57. The Balaban J connectivity index is 2.37. The molecular weight excluding hydrogens is 244 g/mol. The van der Waals surface area contributed by atoms with Gasteiger partial charge in [0.15, 0.2) is 0 Å². The molecule has 19 heavy (non-hydrogen) atoms. The highest BCUT2D eigenvalue weighted by molar-refractivity contribution is 5.79. The molecule has 0 aromatic carbocycles. The maximum Gasteiger partial charge on any atom is 0.208 e. The fourth-order valence-electron chi connectivity index (χ4n) is 2.24. The molecule has 3 N–H and O–H groups in total. The number of ether oxygens (including phenoxy) is 2. The van der Waals surface area contributed by atoms with E-state index in [1.54, 1.807) is 0 Å². The Morgan fingerprint density at radius 1 is 1.42 bits per heavy atom. The van der Waals surface area contributed by atoms with Gasteiger partial charge in [-0.1, -0.05) is 0 Å². The summed E-state index contributed by atoms with van der Waals surface area (Å²) in [7, 11) is 0. The van der Waals surface area contributed by atoms with E-state index in [9.17, 15) is 0 Å². The molecule has 0 aromatic rings. The number of nitrogens with one attached hydrogen (secondary N) is 1. The predicted octanol–water partition coefficient (Wildman–Crippen LogP) is 0.733. The summed E-state index contributed by atoms with van der Waals surface area (Å²) >= 11 is 0. The lowest BCUT2D eigenvalue weighted by atomic mass is 10.1. The van der Waals surface area contributed by atoms with Crippen molar-refractivity contribution >= 4 is 5.96 Å². The summed E-state index contributed by atoms with van der Waals surface area (Å²) in [6.07, 6.45) is 3.44. The van der Waals surface area contributed by atoms with Gasteiger partial charge < -0.3 is 14.4 Å². The van der Waals surface area contributed by atoms with E-state index in [1.165, 1.54) is 0 Å². The zero-order valence-corrected chi connectivity index (χ0v) is 12.2. The summed E-state index contributed by atoms with van der Waals surface area (Å²) in [6, 6.07) is 0. The van der Waals surface area contributed by atoms with Crippen molar-refractivity contribution in [2.45, 2.75) is 39.2 Å². The van der Waals surface area contributed by atoms with Gasteiger partial charge in [-0.05, 0) is 33.1 Å². The van der Waals surface area contributed by atoms with E-state index in [1.807, 2.05) is 13.8 Å². The van der Waals surface area contributed by atoms with Crippen LogP contribution in [0.5, 0.6) is 0 Å². The van der Waals surface area contributed by atoms with Gasteiger partial charge in [-0.25, -0.2) is 5.84 Å². The molecule has 1 aliphatic heterocycles. The maximum atomic E-state index is 5.68. The van der Waals surface area contributed by atoms with Crippen LogP contribution in [0, 0.1) is 0 Å². The van der Waals surface area contributed by atoms with Crippen molar-refractivity contribution in [1.29, 1.82) is 0 Å². The molecule has 1 atom stereocenters. The van der Waals surface area contributed by atoms with Crippen LogP contribution in [0.15, 0.2) is 4.99 Å². The molecule has 0 spiro atoms. The number of guanidine groups is 1. The third-order valence-electron chi connectivity index (χ3n) is 3.12. The van der Waals surface area contributed by atoms with E-state index in [2.05, 4.69) is 15.3 Å². The van der Waals surface area contributed by atoms with E-state index in [0.717, 1.165) is 64.7 Å². The first-order valence-corrected chi connectivity index (χ1v) is 7.27. The number of likely N-dealkylation sites (tertiary alicyclic amines) is 1. The summed E-state index contributed by atoms with van der Waals surface area (Å²) < 4.78 is 11.0. The smallest absolute Gasteiger partial charge is 0.208 e. The Bertz CT molecular complexity index is 259. The molecular formula is C13H28N4O2. The number of hydrogen-bond acceptors (Lipinski definition) is 4. The Labute approximate surface area is 116 Å². The summed E-state index contributed by atoms with van der Waals surface area (Å²) in [5.74, 6) is 6.33. The fraction of sp³-hybridized carbons (Fsp3) is 0.923. The van der Waals surface area contributed by atoms with Gasteiger partial charge in [-0.2, -0.15) is 0 Å². The molecule has 0 radical (unpaired) electrons. The molecule has 6 nitrogen and oxygen atoms in total. The van der Waals surface area contributed by atoms with Crippen LogP contribution in [0.4, 0.5) is 0 Å². The fourth-order valence-corrected chi connectivity index (χ4v) is 2.24. The van der Waals surface area contributed by atoms with Gasteiger partial charge in [0.2, 0.25) is 5.96 Å². The van der Waals surface area contributed by atoms with Crippen molar-refractivity contribution in [2.75, 3.05) is 39.5 Å². The number of piperidine rings is 1. The maximum absolute atomic E-state index is 5.68. The van der Waals surface area contributed by atoms with Crippen LogP contribution >= 0.6 is 0 Å². The average Bonchev–Trinajstić information content (AvgIpc) is 2.43. The third kappa shape index (κ3) is 6.22. The Morgan fingerprint density at radius 2 is 2.26 bits per heavy atom. The summed E-state index contributed by atoms with van der Waals surface area (Å²) in [5, 5.41) is 0. The van der Waals surface area contributed by atoms with Crippen LogP contribution in [0.1, 0.15) is 33.1 Å². The van der Waals surface area contributed by atoms with Crippen molar-refractivity contribution in [3.8, 4) is 0 Å². The number of nitrogens with two attached hydrogens (primary N) is 1. The highest BCUT2D eigenvalue weighted by Crippen LogP contribution is 2.13. The van der Waals surface area contributed by atoms with Crippen LogP contribution in [-0.2, 0) is 9.47 Å². The highest BCUT2D eigenvalue weighted by Gasteiger charge is 2.22. The van der Waals surface area contributed by atoms with Gasteiger partial charge in [0.1, 0.15) is 0 Å². The van der Waals surface area contributed by atoms with Crippen molar-refractivity contribution in [3.63, 3.8) is 0 Å². The molecule has 0 bridgehead atoms. The molecule has 0 saturated carbocycles. The van der Waals surface area contributed by atoms with Crippen molar-refractivity contribution < 1.29 is 9.47 Å². The van der Waals surface area contributed by atoms with Crippen LogP contribution < -0.4 is 11.3 Å². The highest BCUT2D eigenvalue weighted by atomic mass is 16.5. The monoisotopic (exact) mass is 272 g/mol. The van der Waals surface area contributed by atoms with E-state index in [0.29, 0.717) is 6.10 Å². The average molecular weight is 272 g/mol. The number of nitrogens with zero attached hydrogens (tertiary/aromatic N) is 2. The lowest BCUT2D eigenvalue weighted by Gasteiger charge is -2.34. The molecule has 1 aliphatic rings. The van der Waals surface area contributed by atoms with Gasteiger partial charge >= 0.3 is 0 Å². The molecule has 1 rings (SSSR count). The first-order chi connectivity index (χ1) is 9.31. The molecule has 0 aliphatic carbocycles. The van der Waals surface area contributed by atoms with E-state index in [4.69, 9.17) is 15.3 Å². The quantitative estimate of drug-likeness (QED) is 0.235. The topological polar surface area (TPSA) is 72.1 Å². The minimum Gasteiger partial charge on any atom is -0.382 e. The third-order valence-corrected chi connectivity index (χ3v) is 3.12. The van der Waals surface area contributed by atoms with Gasteiger partial charge in [0.05, 0.1) is 6.10 Å². The van der Waals surface area contributed by atoms with Crippen molar-refractivity contribution in [1.82, 2.24) is 10.3 Å². The second kappa shape index (κ2) is 10.00. The van der Waals surface area contributed by atoms with Crippen molar-refractivity contribution in [2.24, 2.45) is 10.8 Å². The van der Waals surface area contributed by atoms with E-state index in [-0.39, 0.29) is 0 Å². The number of aliphatic imine (C=N–C) groups is 1. The lowest BCUT2D eigenvalue weighted by molar-refractivity contribution is 0.0227. The molecule has 1 saturated heterocycles. The summed E-state index contributed by atoms with van der Waals surface area (Å²) in [6.45, 7) is 8.87. The van der Waals surface area contributed by atoms with Crippen LogP contribution in [-0.4, -0.2) is 56.4 Å². The van der Waals surface area contributed by atoms with Gasteiger partial charge in [0, 0.05) is 39.5 Å². The van der Waals surface area contributed by atoms with Gasteiger partial charge in [0.25, 0.3) is 0 Å². The molecule has 1 heterocycles. The Morgan fingerprint density at radius 3 is 2.95 bits per heavy atom. The Kier molecular flexibility index (Phi) is 8.53. The normalized spacial score (nSPS) is 20.7. The van der Waals surface area contributed by atoms with Crippen LogP contribution in [0.25, 0.3) is 0 Å². The molecule has 0 amide bonds. The number of rotatable bonds is 7. The number of hydrogen-bond donors (Lipinski definition) is 2. The number of hydrazine groups is 1.